The van der Waals surface area contributed by atoms with Crippen LogP contribution in [0.5, 0.6) is 0 Å². The van der Waals surface area contributed by atoms with Gasteiger partial charge in [0, 0.05) is 33.4 Å². The first kappa shape index (κ1) is 36.6. The lowest BCUT2D eigenvalue weighted by Crippen LogP contribution is -2.28. The summed E-state index contributed by atoms with van der Waals surface area (Å²) >= 11 is 0. The Balaban J connectivity index is 1.21. The molecule has 0 spiro atoms. The van der Waals surface area contributed by atoms with Crippen molar-refractivity contribution in [3.63, 3.8) is 0 Å². The predicted octanol–water partition coefficient (Wildman–Crippen LogP) is 16.0. The average Bonchev–Trinajstić information content (AvgIpc) is 3.86. The van der Waals surface area contributed by atoms with Crippen LogP contribution in [0.2, 0.25) is 0 Å². The van der Waals surface area contributed by atoms with Crippen molar-refractivity contribution in [2.75, 3.05) is 4.90 Å². The van der Waals surface area contributed by atoms with E-state index in [0.29, 0.717) is 0 Å². The van der Waals surface area contributed by atoms with Gasteiger partial charge in [0.1, 0.15) is 0 Å². The van der Waals surface area contributed by atoms with E-state index in [-0.39, 0.29) is 0 Å². The Bertz CT molecular complexity index is 3370. The normalized spacial score (nSPS) is 12.6. The molecule has 2 nitrogen and oxygen atoms in total. The summed E-state index contributed by atoms with van der Waals surface area (Å²) in [5.41, 5.74) is 18.5. The molecule has 0 saturated heterocycles. The van der Waals surface area contributed by atoms with E-state index in [1.807, 2.05) is 0 Å². The predicted molar refractivity (Wildman–Crippen MR) is 264 cm³/mol. The fraction of sp³-hybridized carbons (Fsp3) is 0.0164. The molecule has 11 aromatic rings. The van der Waals surface area contributed by atoms with E-state index in [1.54, 1.807) is 0 Å². The summed E-state index contributed by atoms with van der Waals surface area (Å²) in [5, 5.41) is 2.40. The van der Waals surface area contributed by atoms with Gasteiger partial charge in [0.2, 0.25) is 0 Å². The molecule has 0 unspecified atom stereocenters. The first-order chi connectivity index (χ1) is 31.3. The molecular formula is C61H42N2. The third-order valence-electron chi connectivity index (χ3n) is 13.1. The van der Waals surface area contributed by atoms with E-state index in [4.69, 9.17) is 0 Å². The molecule has 12 rings (SSSR count). The number of hydrogen-bond donors (Lipinski definition) is 0. The molecule has 10 aromatic carbocycles. The Morgan fingerprint density at radius 1 is 0.333 bits per heavy atom. The van der Waals surface area contributed by atoms with Crippen molar-refractivity contribution in [1.82, 2.24) is 4.57 Å². The van der Waals surface area contributed by atoms with Crippen LogP contribution < -0.4 is 4.90 Å². The molecular weight excluding hydrogens is 761 g/mol. The molecule has 0 bridgehead atoms. The fourth-order valence-electron chi connectivity index (χ4n) is 10.4. The molecule has 0 fully saturated rings. The Labute approximate surface area is 368 Å². The highest BCUT2D eigenvalue weighted by atomic mass is 15.2. The Morgan fingerprint density at radius 2 is 0.841 bits per heavy atom. The second-order valence-electron chi connectivity index (χ2n) is 16.4. The topological polar surface area (TPSA) is 8.17 Å². The van der Waals surface area contributed by atoms with Crippen LogP contribution in [0.25, 0.3) is 60.9 Å². The molecule has 63 heavy (non-hydrogen) atoms. The number of hydrogen-bond acceptors (Lipinski definition) is 1. The maximum atomic E-state index is 2.53. The van der Waals surface area contributed by atoms with Gasteiger partial charge in [0.25, 0.3) is 0 Å². The molecule has 0 radical (unpaired) electrons. The zero-order valence-corrected chi connectivity index (χ0v) is 34.6. The van der Waals surface area contributed by atoms with Gasteiger partial charge >= 0.3 is 0 Å². The van der Waals surface area contributed by atoms with E-state index in [1.165, 1.54) is 60.8 Å². The van der Waals surface area contributed by atoms with Gasteiger partial charge in [-0.15, -0.1) is 0 Å². The molecule has 2 heteroatoms. The van der Waals surface area contributed by atoms with E-state index >= 15 is 0 Å². The minimum Gasteiger partial charge on any atom is -0.309 e. The van der Waals surface area contributed by atoms with Gasteiger partial charge in [-0.1, -0.05) is 206 Å². The van der Waals surface area contributed by atoms with E-state index in [2.05, 4.69) is 264 Å². The lowest BCUT2D eigenvalue weighted by atomic mass is 9.67. The summed E-state index contributed by atoms with van der Waals surface area (Å²) in [4.78, 5) is 2.53. The second-order valence-corrected chi connectivity index (χ2v) is 16.4. The summed E-state index contributed by atoms with van der Waals surface area (Å²) in [7, 11) is 0. The van der Waals surface area contributed by atoms with Crippen LogP contribution in [0, 0.1) is 0 Å². The van der Waals surface area contributed by atoms with Crippen molar-refractivity contribution in [1.29, 1.82) is 0 Å². The largest absolute Gasteiger partial charge is 0.309 e. The van der Waals surface area contributed by atoms with Crippen LogP contribution >= 0.6 is 0 Å². The maximum Gasteiger partial charge on any atom is 0.0714 e. The number of fused-ring (bicyclic) bond motifs is 6. The molecule has 0 N–H and O–H groups in total. The number of anilines is 3. The zero-order valence-electron chi connectivity index (χ0n) is 34.6. The summed E-state index contributed by atoms with van der Waals surface area (Å²) in [6.07, 6.45) is 0. The van der Waals surface area contributed by atoms with E-state index in [9.17, 15) is 0 Å². The SMILES string of the molecule is c1ccc(-c2ccc(N(c3ccc4c(c3)C(c3ccccc3)(c3ccccc3)c3ccccc3-4)c3c(-c4ccccc4)ccc4c3c3ccccc3n4-c3ccccc3)cc2)cc1. The van der Waals surface area contributed by atoms with Gasteiger partial charge in [0.05, 0.1) is 22.1 Å². The summed E-state index contributed by atoms with van der Waals surface area (Å²) in [6.45, 7) is 0. The second kappa shape index (κ2) is 15.1. The zero-order chi connectivity index (χ0) is 41.7. The van der Waals surface area contributed by atoms with E-state index in [0.717, 1.165) is 39.4 Å². The smallest absolute Gasteiger partial charge is 0.0714 e. The Morgan fingerprint density at radius 3 is 1.52 bits per heavy atom. The van der Waals surface area contributed by atoms with Crippen molar-refractivity contribution in [2.45, 2.75) is 5.41 Å². The monoisotopic (exact) mass is 802 g/mol. The van der Waals surface area contributed by atoms with Crippen LogP contribution in [0.4, 0.5) is 17.1 Å². The van der Waals surface area contributed by atoms with Gasteiger partial charge in [0.15, 0.2) is 0 Å². The molecule has 0 amide bonds. The van der Waals surface area contributed by atoms with Gasteiger partial charge in [-0.2, -0.15) is 0 Å². The number of rotatable bonds is 8. The molecule has 1 aliphatic carbocycles. The van der Waals surface area contributed by atoms with Crippen molar-refractivity contribution in [3.8, 4) is 39.1 Å². The van der Waals surface area contributed by atoms with Crippen LogP contribution in [0.15, 0.2) is 255 Å². The van der Waals surface area contributed by atoms with Crippen molar-refractivity contribution >= 4 is 38.9 Å². The molecule has 0 aliphatic heterocycles. The minimum atomic E-state index is -0.551. The summed E-state index contributed by atoms with van der Waals surface area (Å²) < 4.78 is 2.43. The third kappa shape index (κ3) is 5.80. The third-order valence-corrected chi connectivity index (χ3v) is 13.1. The highest BCUT2D eigenvalue weighted by Gasteiger charge is 2.46. The molecule has 0 saturated carbocycles. The lowest BCUT2D eigenvalue weighted by Gasteiger charge is -2.35. The standard InChI is InChI=1S/C61H42N2/c1-6-20-43(21-7-1)44-34-36-49(37-35-44)62(50-38-39-53-52-30-16-18-32-55(52)61(56(53)42-50,46-24-10-3-11-25-46)47-26-12-4-13-27-47)60-51(45-22-8-2-9-23-45)40-41-58-59(60)54-31-17-19-33-57(54)63(58)48-28-14-5-15-29-48/h1-42H. The number of nitrogens with zero attached hydrogens (tertiary/aromatic N) is 2. The lowest BCUT2D eigenvalue weighted by molar-refractivity contribution is 0.768. The quantitative estimate of drug-likeness (QED) is 0.149. The molecule has 296 valence electrons. The van der Waals surface area contributed by atoms with Crippen LogP contribution in [0.1, 0.15) is 22.3 Å². The highest BCUT2D eigenvalue weighted by molar-refractivity contribution is 6.19. The molecule has 1 aliphatic rings. The minimum absolute atomic E-state index is 0.551. The summed E-state index contributed by atoms with van der Waals surface area (Å²) in [6, 6.07) is 93.4. The Hall–Kier alpha value is -8.20. The van der Waals surface area contributed by atoms with Crippen LogP contribution in [-0.2, 0) is 5.41 Å². The van der Waals surface area contributed by atoms with Crippen molar-refractivity contribution < 1.29 is 0 Å². The summed E-state index contributed by atoms with van der Waals surface area (Å²) in [5.74, 6) is 0. The fourth-order valence-corrected chi connectivity index (χ4v) is 10.4. The van der Waals surface area contributed by atoms with Crippen molar-refractivity contribution in [2.24, 2.45) is 0 Å². The average molecular weight is 803 g/mol. The van der Waals surface area contributed by atoms with Gasteiger partial charge in [-0.25, -0.2) is 0 Å². The van der Waals surface area contributed by atoms with Crippen molar-refractivity contribution in [3.05, 3.63) is 277 Å². The number of para-hydroxylation sites is 2. The number of benzene rings is 10. The molecule has 1 aromatic heterocycles. The first-order valence-corrected chi connectivity index (χ1v) is 21.8. The van der Waals surface area contributed by atoms with Crippen LogP contribution in [-0.4, -0.2) is 4.57 Å². The van der Waals surface area contributed by atoms with Gasteiger partial charge in [-0.05, 0) is 98.6 Å². The number of aromatic nitrogens is 1. The van der Waals surface area contributed by atoms with Crippen LogP contribution in [0.3, 0.4) is 0 Å². The van der Waals surface area contributed by atoms with Gasteiger partial charge in [-0.3, -0.25) is 0 Å². The highest BCUT2D eigenvalue weighted by Crippen LogP contribution is 2.58. The first-order valence-electron chi connectivity index (χ1n) is 21.8. The van der Waals surface area contributed by atoms with Gasteiger partial charge < -0.3 is 9.47 Å². The molecule has 1 heterocycles. The Kier molecular flexibility index (Phi) is 8.76. The molecule has 0 atom stereocenters. The maximum absolute atomic E-state index is 2.53. The van der Waals surface area contributed by atoms with E-state index < -0.39 is 5.41 Å².